The number of nitrogens with zero attached hydrogens (tertiary/aromatic N) is 1. The molecule has 2 nitrogen and oxygen atoms in total. The highest BCUT2D eigenvalue weighted by atomic mass is 16.3. The van der Waals surface area contributed by atoms with Crippen molar-refractivity contribution in [2.24, 2.45) is 11.8 Å². The molecule has 1 aliphatic rings. The molecule has 27 heavy (non-hydrogen) atoms. The molecule has 2 aromatic rings. The summed E-state index contributed by atoms with van der Waals surface area (Å²) < 4.78 is 0. The van der Waals surface area contributed by atoms with Gasteiger partial charge in [-0.2, -0.15) is 0 Å². The molecule has 1 N–H and O–H groups in total. The fourth-order valence-electron chi connectivity index (χ4n) is 4.86. The van der Waals surface area contributed by atoms with E-state index in [0.29, 0.717) is 5.92 Å². The summed E-state index contributed by atoms with van der Waals surface area (Å²) in [5.41, 5.74) is 4.40. The Labute approximate surface area is 165 Å². The van der Waals surface area contributed by atoms with Crippen molar-refractivity contribution >= 4 is 0 Å². The first-order chi connectivity index (χ1) is 12.9. The minimum atomic E-state index is -0.705. The fourth-order valence-corrected chi connectivity index (χ4v) is 4.86. The van der Waals surface area contributed by atoms with Crippen LogP contribution in [0.5, 0.6) is 0 Å². The van der Waals surface area contributed by atoms with Crippen LogP contribution in [0.2, 0.25) is 0 Å². The van der Waals surface area contributed by atoms with Crippen LogP contribution in [0.3, 0.4) is 0 Å². The van der Waals surface area contributed by atoms with Gasteiger partial charge < -0.3 is 10.0 Å². The van der Waals surface area contributed by atoms with Crippen molar-refractivity contribution in [3.05, 3.63) is 70.8 Å². The van der Waals surface area contributed by atoms with Crippen LogP contribution >= 0.6 is 0 Å². The Morgan fingerprint density at radius 2 is 1.78 bits per heavy atom. The van der Waals surface area contributed by atoms with Gasteiger partial charge in [-0.25, -0.2) is 0 Å². The maximum Gasteiger partial charge on any atom is 0.0939 e. The molecule has 0 saturated heterocycles. The van der Waals surface area contributed by atoms with E-state index in [0.717, 1.165) is 37.8 Å². The standard InChI is InChI=1S/C25H35NO/c1-19-9-8-12-24(20(19)2)25(27)16-15-22(17-23(25)18-26(3)4)14-13-21-10-6-5-7-11-21/h5-12,22-23,27H,13-18H2,1-4H3. The van der Waals surface area contributed by atoms with E-state index >= 15 is 0 Å². The van der Waals surface area contributed by atoms with Gasteiger partial charge in [0.05, 0.1) is 5.60 Å². The van der Waals surface area contributed by atoms with Gasteiger partial charge in [0.25, 0.3) is 0 Å². The van der Waals surface area contributed by atoms with Gasteiger partial charge in [0.1, 0.15) is 0 Å². The summed E-state index contributed by atoms with van der Waals surface area (Å²) >= 11 is 0. The van der Waals surface area contributed by atoms with Gasteiger partial charge in [0.15, 0.2) is 0 Å². The molecule has 3 atom stereocenters. The van der Waals surface area contributed by atoms with Crippen LogP contribution in [0.1, 0.15) is 47.9 Å². The third kappa shape index (κ3) is 4.62. The van der Waals surface area contributed by atoms with Crippen LogP contribution in [-0.4, -0.2) is 30.6 Å². The summed E-state index contributed by atoms with van der Waals surface area (Å²) in [6.45, 7) is 5.25. The van der Waals surface area contributed by atoms with E-state index in [1.165, 1.54) is 23.1 Å². The highest BCUT2D eigenvalue weighted by Gasteiger charge is 2.44. The van der Waals surface area contributed by atoms with Gasteiger partial charge in [0.2, 0.25) is 0 Å². The lowest BCUT2D eigenvalue weighted by molar-refractivity contribution is -0.0765. The molecule has 3 unspecified atom stereocenters. The third-order valence-electron chi connectivity index (χ3n) is 6.57. The summed E-state index contributed by atoms with van der Waals surface area (Å²) in [7, 11) is 4.24. The Bertz CT molecular complexity index is 739. The molecule has 2 heteroatoms. The largest absolute Gasteiger partial charge is 0.385 e. The number of aliphatic hydroxyl groups is 1. The molecule has 1 fully saturated rings. The van der Waals surface area contributed by atoms with E-state index < -0.39 is 5.60 Å². The first kappa shape index (κ1) is 20.1. The normalized spacial score (nSPS) is 25.7. The van der Waals surface area contributed by atoms with Crippen molar-refractivity contribution in [2.45, 2.75) is 51.6 Å². The van der Waals surface area contributed by atoms with Gasteiger partial charge in [-0.15, -0.1) is 0 Å². The quantitative estimate of drug-likeness (QED) is 0.770. The summed E-state index contributed by atoms with van der Waals surface area (Å²) in [6, 6.07) is 17.2. The van der Waals surface area contributed by atoms with Crippen molar-refractivity contribution in [3.8, 4) is 0 Å². The number of rotatable bonds is 6. The van der Waals surface area contributed by atoms with E-state index in [9.17, 15) is 5.11 Å². The predicted molar refractivity (Wildman–Crippen MR) is 114 cm³/mol. The fraction of sp³-hybridized carbons (Fsp3) is 0.520. The highest BCUT2D eigenvalue weighted by molar-refractivity contribution is 5.38. The van der Waals surface area contributed by atoms with Gasteiger partial charge in [-0.3, -0.25) is 0 Å². The number of hydrogen-bond donors (Lipinski definition) is 1. The topological polar surface area (TPSA) is 23.5 Å². The maximum absolute atomic E-state index is 11.8. The van der Waals surface area contributed by atoms with Gasteiger partial charge in [0, 0.05) is 12.5 Å². The molecular weight excluding hydrogens is 330 g/mol. The Morgan fingerprint density at radius 1 is 1.04 bits per heavy atom. The second-order valence-corrected chi connectivity index (χ2v) is 8.80. The smallest absolute Gasteiger partial charge is 0.0939 e. The first-order valence-corrected chi connectivity index (χ1v) is 10.4. The molecule has 0 heterocycles. The monoisotopic (exact) mass is 365 g/mol. The van der Waals surface area contributed by atoms with E-state index in [-0.39, 0.29) is 5.92 Å². The Morgan fingerprint density at radius 3 is 2.48 bits per heavy atom. The molecule has 0 radical (unpaired) electrons. The highest BCUT2D eigenvalue weighted by Crippen LogP contribution is 2.46. The van der Waals surface area contributed by atoms with Crippen LogP contribution < -0.4 is 0 Å². The predicted octanol–water partition coefficient (Wildman–Crippen LogP) is 5.10. The lowest BCUT2D eigenvalue weighted by Crippen LogP contribution is -2.45. The van der Waals surface area contributed by atoms with Crippen molar-refractivity contribution in [1.82, 2.24) is 4.90 Å². The zero-order chi connectivity index (χ0) is 19.4. The average Bonchev–Trinajstić information content (AvgIpc) is 2.65. The molecule has 146 valence electrons. The number of hydrogen-bond acceptors (Lipinski definition) is 2. The Balaban J connectivity index is 1.77. The Kier molecular flexibility index (Phi) is 6.39. The van der Waals surface area contributed by atoms with Crippen LogP contribution in [0, 0.1) is 25.7 Å². The molecule has 0 spiro atoms. The van der Waals surface area contributed by atoms with Gasteiger partial charge in [-0.05, 0) is 88.2 Å². The van der Waals surface area contributed by atoms with Crippen molar-refractivity contribution in [2.75, 3.05) is 20.6 Å². The number of benzene rings is 2. The van der Waals surface area contributed by atoms with Gasteiger partial charge in [-0.1, -0.05) is 48.5 Å². The van der Waals surface area contributed by atoms with E-state index in [1.807, 2.05) is 0 Å². The molecule has 2 aromatic carbocycles. The molecule has 1 saturated carbocycles. The summed E-state index contributed by atoms with van der Waals surface area (Å²) in [5, 5.41) is 11.8. The Hall–Kier alpha value is -1.64. The van der Waals surface area contributed by atoms with Crippen LogP contribution in [0.25, 0.3) is 0 Å². The SMILES string of the molecule is Cc1cccc(C2(O)CCC(CCc3ccccc3)CC2CN(C)C)c1C. The van der Waals surface area contributed by atoms with Crippen LogP contribution in [-0.2, 0) is 12.0 Å². The molecule has 1 aliphatic carbocycles. The third-order valence-corrected chi connectivity index (χ3v) is 6.57. The van der Waals surface area contributed by atoms with Crippen molar-refractivity contribution < 1.29 is 5.11 Å². The zero-order valence-electron chi connectivity index (χ0n) is 17.4. The molecular formula is C25H35NO. The lowest BCUT2D eigenvalue weighted by atomic mass is 9.65. The molecule has 0 bridgehead atoms. The van der Waals surface area contributed by atoms with Crippen LogP contribution in [0.4, 0.5) is 0 Å². The van der Waals surface area contributed by atoms with Crippen molar-refractivity contribution in [1.29, 1.82) is 0 Å². The lowest BCUT2D eigenvalue weighted by Gasteiger charge is -2.45. The minimum absolute atomic E-state index is 0.280. The molecule has 0 aliphatic heterocycles. The second-order valence-electron chi connectivity index (χ2n) is 8.80. The van der Waals surface area contributed by atoms with Crippen LogP contribution in [0.15, 0.2) is 48.5 Å². The molecule has 3 rings (SSSR count). The second kappa shape index (κ2) is 8.58. The van der Waals surface area contributed by atoms with Gasteiger partial charge >= 0.3 is 0 Å². The summed E-state index contributed by atoms with van der Waals surface area (Å²) in [6.07, 6.45) is 5.45. The summed E-state index contributed by atoms with van der Waals surface area (Å²) in [5.74, 6) is 0.975. The van der Waals surface area contributed by atoms with E-state index in [2.05, 4.69) is 81.4 Å². The molecule has 0 amide bonds. The first-order valence-electron chi connectivity index (χ1n) is 10.4. The minimum Gasteiger partial charge on any atom is -0.385 e. The molecule has 0 aromatic heterocycles. The zero-order valence-corrected chi connectivity index (χ0v) is 17.4. The van der Waals surface area contributed by atoms with E-state index in [1.54, 1.807) is 0 Å². The van der Waals surface area contributed by atoms with E-state index in [4.69, 9.17) is 0 Å². The number of aryl methyl sites for hydroxylation is 2. The average molecular weight is 366 g/mol. The summed E-state index contributed by atoms with van der Waals surface area (Å²) in [4.78, 5) is 2.24. The maximum atomic E-state index is 11.8. The van der Waals surface area contributed by atoms with Crippen molar-refractivity contribution in [3.63, 3.8) is 0 Å².